The van der Waals surface area contributed by atoms with Gasteiger partial charge in [-0.25, -0.2) is 9.59 Å². The number of amides is 2. The third-order valence-corrected chi connectivity index (χ3v) is 9.70. The lowest BCUT2D eigenvalue weighted by Crippen LogP contribution is -2.50. The fourth-order valence-corrected chi connectivity index (χ4v) is 6.65. The topological polar surface area (TPSA) is 152 Å². The lowest BCUT2D eigenvalue weighted by molar-refractivity contribution is 0.00694. The van der Waals surface area contributed by atoms with Crippen LogP contribution < -0.4 is 10.5 Å². The zero-order chi connectivity index (χ0) is 35.9. The van der Waals surface area contributed by atoms with Crippen molar-refractivity contribution in [2.75, 3.05) is 39.0 Å². The Labute approximate surface area is 305 Å². The maximum absolute atomic E-state index is 12.0. The molecule has 6 heterocycles. The molecule has 4 aromatic rings. The highest BCUT2D eigenvalue weighted by atomic mass is 35.5. The van der Waals surface area contributed by atoms with Gasteiger partial charge in [0.05, 0.1) is 21.5 Å². The van der Waals surface area contributed by atoms with Crippen LogP contribution in [-0.2, 0) is 22.3 Å². The standard InChI is InChI=1S/C17H22ClN3O2S.C11H18N4O2.C5H5ClOS/c1-17(2,3)23-16(22)21-9-11(10-21)14-8-12(19-20-14)4-5-13-6-7-15(18)24-13;1-11(2,3)17-10(16)15-5-7(6-15)8-4-9(12)14-13-8;1-7-5-3-2-4(6)8-5/h6-8,11H,4-5,9-10H2,1-3H3,(H,19,20);4,7H,5-6H2,1-3H3,(H3,12,13,14);2-3H,1H3. The van der Waals surface area contributed by atoms with Crippen molar-refractivity contribution in [1.82, 2.24) is 30.2 Å². The predicted octanol–water partition coefficient (Wildman–Crippen LogP) is 7.98. The van der Waals surface area contributed by atoms with E-state index in [4.69, 9.17) is 43.1 Å². The van der Waals surface area contributed by atoms with Crippen molar-refractivity contribution in [1.29, 1.82) is 0 Å². The summed E-state index contributed by atoms with van der Waals surface area (Å²) < 4.78 is 17.1. The van der Waals surface area contributed by atoms with Gasteiger partial charge in [0.2, 0.25) is 0 Å². The summed E-state index contributed by atoms with van der Waals surface area (Å²) in [5, 5.41) is 15.1. The Hall–Kier alpha value is -3.46. The van der Waals surface area contributed by atoms with Crippen molar-refractivity contribution in [3.63, 3.8) is 0 Å². The van der Waals surface area contributed by atoms with E-state index in [0.29, 0.717) is 37.9 Å². The summed E-state index contributed by atoms with van der Waals surface area (Å²) in [6.45, 7) is 13.8. The summed E-state index contributed by atoms with van der Waals surface area (Å²) in [5.41, 5.74) is 7.74. The number of carbonyl (C=O) groups is 2. The molecule has 0 bridgehead atoms. The second-order valence-corrected chi connectivity index (χ2v) is 17.2. The highest BCUT2D eigenvalue weighted by Crippen LogP contribution is 2.30. The molecule has 2 aliphatic rings. The van der Waals surface area contributed by atoms with Crippen LogP contribution in [0.4, 0.5) is 15.4 Å². The number of anilines is 1. The third kappa shape index (κ3) is 12.1. The minimum absolute atomic E-state index is 0.246. The highest BCUT2D eigenvalue weighted by molar-refractivity contribution is 7.17. The number of carbonyl (C=O) groups excluding carboxylic acids is 2. The molecule has 0 saturated carbocycles. The Bertz CT molecular complexity index is 1660. The van der Waals surface area contributed by atoms with Gasteiger partial charge in [0.15, 0.2) is 5.06 Å². The van der Waals surface area contributed by atoms with Crippen LogP contribution in [0, 0.1) is 0 Å². The number of nitrogens with one attached hydrogen (secondary N) is 2. The largest absolute Gasteiger partial charge is 0.487 e. The fourth-order valence-electron chi connectivity index (χ4n) is 4.72. The summed E-state index contributed by atoms with van der Waals surface area (Å²) in [7, 11) is 1.63. The molecule has 16 heteroatoms. The molecule has 4 N–H and O–H groups in total. The minimum Gasteiger partial charge on any atom is -0.487 e. The van der Waals surface area contributed by atoms with Gasteiger partial charge in [-0.05, 0) is 84.7 Å². The molecule has 2 aliphatic heterocycles. The van der Waals surface area contributed by atoms with E-state index in [1.54, 1.807) is 34.3 Å². The van der Waals surface area contributed by atoms with Crippen molar-refractivity contribution >= 4 is 63.9 Å². The first kappa shape index (κ1) is 38.3. The average Bonchev–Trinajstić information content (AvgIpc) is 3.74. The van der Waals surface area contributed by atoms with E-state index in [1.165, 1.54) is 16.2 Å². The number of hydrogen-bond donors (Lipinski definition) is 3. The quantitative estimate of drug-likeness (QED) is 0.179. The van der Waals surface area contributed by atoms with Crippen LogP contribution >= 0.6 is 45.9 Å². The molecule has 0 spiro atoms. The number of nitrogens with two attached hydrogens (primary N) is 1. The van der Waals surface area contributed by atoms with Gasteiger partial charge < -0.3 is 29.7 Å². The molecule has 0 atom stereocenters. The summed E-state index contributed by atoms with van der Waals surface area (Å²) in [5.74, 6) is 1.06. The van der Waals surface area contributed by atoms with E-state index in [2.05, 4.69) is 32.5 Å². The Kier molecular flexibility index (Phi) is 12.9. The molecule has 0 aliphatic carbocycles. The van der Waals surface area contributed by atoms with E-state index < -0.39 is 11.2 Å². The van der Waals surface area contributed by atoms with Crippen molar-refractivity contribution in [2.45, 2.75) is 77.4 Å². The number of H-pyrrole nitrogens is 2. The zero-order valence-corrected chi connectivity index (χ0v) is 32.0. The SMILES string of the molecule is CC(C)(C)OC(=O)N1CC(c2cc(CCc3ccc(Cl)s3)[nH]n2)C1.CC(C)(C)OC(=O)N1CC(c2cc(N)n[nH]2)C1.COc1ccc(Cl)s1. The van der Waals surface area contributed by atoms with Gasteiger partial charge in [-0.1, -0.05) is 34.5 Å². The van der Waals surface area contributed by atoms with Crippen LogP contribution in [0.2, 0.25) is 8.67 Å². The molecule has 49 heavy (non-hydrogen) atoms. The summed E-state index contributed by atoms with van der Waals surface area (Å²) >= 11 is 14.6. The highest BCUT2D eigenvalue weighted by Gasteiger charge is 2.36. The van der Waals surface area contributed by atoms with E-state index in [9.17, 15) is 9.59 Å². The van der Waals surface area contributed by atoms with Crippen LogP contribution in [0.3, 0.4) is 0 Å². The molecule has 268 valence electrons. The first-order valence-electron chi connectivity index (χ1n) is 15.8. The second-order valence-electron chi connectivity index (χ2n) is 13.7. The summed E-state index contributed by atoms with van der Waals surface area (Å²) in [4.78, 5) is 28.3. The maximum atomic E-state index is 12.0. The number of thiophene rings is 2. The van der Waals surface area contributed by atoms with Crippen molar-refractivity contribution in [3.8, 4) is 5.06 Å². The van der Waals surface area contributed by atoms with E-state index >= 15 is 0 Å². The van der Waals surface area contributed by atoms with Crippen LogP contribution in [0.5, 0.6) is 5.06 Å². The molecule has 2 saturated heterocycles. The Morgan fingerprint density at radius 1 is 0.837 bits per heavy atom. The Morgan fingerprint density at radius 3 is 1.86 bits per heavy atom. The van der Waals surface area contributed by atoms with Gasteiger partial charge in [0.25, 0.3) is 0 Å². The molecule has 4 aromatic heterocycles. The van der Waals surface area contributed by atoms with Gasteiger partial charge in [-0.15, -0.1) is 11.3 Å². The molecule has 0 aromatic carbocycles. The number of halogens is 2. The monoisotopic (exact) mass is 753 g/mol. The Morgan fingerprint density at radius 2 is 1.41 bits per heavy atom. The normalized spacial score (nSPS) is 14.9. The number of likely N-dealkylation sites (tertiary alicyclic amines) is 2. The van der Waals surface area contributed by atoms with Gasteiger partial charge in [-0.3, -0.25) is 10.2 Å². The Balaban J connectivity index is 0.000000187. The van der Waals surface area contributed by atoms with Crippen LogP contribution in [0.1, 0.15) is 75.3 Å². The van der Waals surface area contributed by atoms with Gasteiger partial charge >= 0.3 is 12.2 Å². The van der Waals surface area contributed by atoms with Crippen LogP contribution in [-0.4, -0.2) is 86.9 Å². The number of aromatic amines is 2. The fraction of sp³-hybridized carbons (Fsp3) is 0.515. The first-order valence-corrected chi connectivity index (χ1v) is 18.2. The van der Waals surface area contributed by atoms with Gasteiger partial charge in [0.1, 0.15) is 17.0 Å². The molecule has 0 unspecified atom stereocenters. The van der Waals surface area contributed by atoms with E-state index in [-0.39, 0.29) is 18.1 Å². The number of rotatable bonds is 6. The number of aromatic nitrogens is 4. The van der Waals surface area contributed by atoms with Crippen molar-refractivity contribution in [2.24, 2.45) is 0 Å². The molecule has 2 amide bonds. The lowest BCUT2D eigenvalue weighted by Gasteiger charge is -2.39. The zero-order valence-electron chi connectivity index (χ0n) is 28.8. The molecular formula is C33H45Cl2N7O5S2. The number of hydrogen-bond acceptors (Lipinski definition) is 10. The lowest BCUT2D eigenvalue weighted by atomic mass is 9.96. The predicted molar refractivity (Wildman–Crippen MR) is 195 cm³/mol. The number of nitrogen functional groups attached to an aromatic ring is 1. The van der Waals surface area contributed by atoms with Crippen molar-refractivity contribution < 1.29 is 23.8 Å². The van der Waals surface area contributed by atoms with Gasteiger partial charge in [0, 0.05) is 60.3 Å². The molecule has 6 rings (SSSR count). The summed E-state index contributed by atoms with van der Waals surface area (Å²) in [6.07, 6.45) is 1.35. The maximum Gasteiger partial charge on any atom is 0.410 e. The van der Waals surface area contributed by atoms with E-state index in [0.717, 1.165) is 43.7 Å². The third-order valence-electron chi connectivity index (χ3n) is 7.21. The van der Waals surface area contributed by atoms with Crippen LogP contribution in [0.25, 0.3) is 0 Å². The number of aryl methyl sites for hydroxylation is 2. The number of nitrogens with zero attached hydrogens (tertiary/aromatic N) is 4. The number of methoxy groups -OCH3 is 1. The van der Waals surface area contributed by atoms with Crippen LogP contribution in [0.15, 0.2) is 36.4 Å². The average molecular weight is 755 g/mol. The molecule has 12 nitrogen and oxygen atoms in total. The molecule has 2 fully saturated rings. The summed E-state index contributed by atoms with van der Waals surface area (Å²) in [6, 6.07) is 11.6. The minimum atomic E-state index is -0.452. The van der Waals surface area contributed by atoms with Crippen molar-refractivity contribution in [3.05, 3.63) is 67.0 Å². The van der Waals surface area contributed by atoms with Gasteiger partial charge in [-0.2, -0.15) is 10.2 Å². The van der Waals surface area contributed by atoms with E-state index in [1.807, 2.05) is 59.7 Å². The second kappa shape index (κ2) is 16.5. The number of ether oxygens (including phenoxy) is 3. The molecular weight excluding hydrogens is 709 g/mol. The first-order chi connectivity index (χ1) is 23.0. The smallest absolute Gasteiger partial charge is 0.410 e. The molecule has 0 radical (unpaired) electrons.